The van der Waals surface area contributed by atoms with Crippen LogP contribution < -0.4 is 9.47 Å². The van der Waals surface area contributed by atoms with Gasteiger partial charge in [0.05, 0.1) is 18.8 Å². The fourth-order valence-electron chi connectivity index (χ4n) is 1.34. The van der Waals surface area contributed by atoms with E-state index in [-0.39, 0.29) is 30.3 Å². The molecule has 0 aliphatic rings. The van der Waals surface area contributed by atoms with E-state index in [2.05, 4.69) is 4.74 Å². The monoisotopic (exact) mass is 294 g/mol. The van der Waals surface area contributed by atoms with E-state index in [4.69, 9.17) is 14.6 Å². The molecule has 0 bridgehead atoms. The number of alkyl halides is 3. The number of hydrogen-bond acceptors (Lipinski definition) is 4. The second kappa shape index (κ2) is 6.99. The lowest BCUT2D eigenvalue weighted by Crippen LogP contribution is -2.18. The molecule has 0 aromatic heterocycles. The van der Waals surface area contributed by atoms with Gasteiger partial charge in [0.15, 0.2) is 11.5 Å². The predicted molar refractivity (Wildman–Crippen MR) is 62.1 cm³/mol. The second-order valence-corrected chi connectivity index (χ2v) is 3.54. The van der Waals surface area contributed by atoms with E-state index in [0.29, 0.717) is 0 Å². The highest BCUT2D eigenvalue weighted by atomic mass is 19.4. The lowest BCUT2D eigenvalue weighted by atomic mass is 10.2. The average Bonchev–Trinajstić information content (AvgIpc) is 2.35. The van der Waals surface area contributed by atoms with Gasteiger partial charge in [0, 0.05) is 0 Å². The van der Waals surface area contributed by atoms with Gasteiger partial charge in [-0.15, -0.1) is 13.2 Å². The Balaban J connectivity index is 2.66. The first-order valence-corrected chi connectivity index (χ1v) is 5.67. The number of carbonyl (C=O) groups is 1. The molecule has 1 aromatic rings. The van der Waals surface area contributed by atoms with E-state index in [1.807, 2.05) is 0 Å². The van der Waals surface area contributed by atoms with Gasteiger partial charge in [0.1, 0.15) is 6.61 Å². The van der Waals surface area contributed by atoms with Crippen molar-refractivity contribution >= 4 is 5.97 Å². The van der Waals surface area contributed by atoms with Crippen molar-refractivity contribution < 1.29 is 37.3 Å². The molecule has 1 rings (SSSR count). The number of ether oxygens (including phenoxy) is 3. The topological polar surface area (TPSA) is 65.0 Å². The summed E-state index contributed by atoms with van der Waals surface area (Å²) < 4.78 is 49.1. The molecule has 5 nitrogen and oxygen atoms in total. The summed E-state index contributed by atoms with van der Waals surface area (Å²) in [6.07, 6.45) is -4.71. The predicted octanol–water partition coefficient (Wildman–Crippen LogP) is 2.70. The Hall–Kier alpha value is -1.96. The third-order valence-corrected chi connectivity index (χ3v) is 2.10. The standard InChI is InChI=1S/C12H13F3O5/c1-2-18-10-7-8(11(16)17)3-4-9(10)19-5-6-20-12(13,14)15/h3-4,7H,2,5-6H2,1H3,(H,16,17). The van der Waals surface area contributed by atoms with E-state index in [9.17, 15) is 18.0 Å². The van der Waals surface area contributed by atoms with E-state index in [1.165, 1.54) is 18.2 Å². The molecule has 8 heteroatoms. The summed E-state index contributed by atoms with van der Waals surface area (Å²) in [4.78, 5) is 10.8. The maximum absolute atomic E-state index is 11.8. The average molecular weight is 294 g/mol. The van der Waals surface area contributed by atoms with E-state index >= 15 is 0 Å². The number of rotatable bonds is 7. The number of aromatic carboxylic acids is 1. The Labute approximate surface area is 112 Å². The van der Waals surface area contributed by atoms with Crippen LogP contribution in [-0.4, -0.2) is 37.3 Å². The van der Waals surface area contributed by atoms with Crippen LogP contribution in [0.3, 0.4) is 0 Å². The van der Waals surface area contributed by atoms with Crippen LogP contribution >= 0.6 is 0 Å². The summed E-state index contributed by atoms with van der Waals surface area (Å²) in [6.45, 7) is 0.935. The quantitative estimate of drug-likeness (QED) is 0.783. The Morgan fingerprint density at radius 2 is 1.90 bits per heavy atom. The van der Waals surface area contributed by atoms with Gasteiger partial charge >= 0.3 is 12.3 Å². The molecule has 0 saturated heterocycles. The molecular weight excluding hydrogens is 281 g/mol. The van der Waals surface area contributed by atoms with Crippen molar-refractivity contribution in [3.63, 3.8) is 0 Å². The zero-order valence-corrected chi connectivity index (χ0v) is 10.6. The minimum Gasteiger partial charge on any atom is -0.490 e. The van der Waals surface area contributed by atoms with Crippen molar-refractivity contribution in [2.45, 2.75) is 13.3 Å². The maximum atomic E-state index is 11.8. The molecule has 0 unspecified atom stereocenters. The molecule has 20 heavy (non-hydrogen) atoms. The molecule has 112 valence electrons. The molecule has 0 aliphatic heterocycles. The highest BCUT2D eigenvalue weighted by molar-refractivity contribution is 5.88. The van der Waals surface area contributed by atoms with Gasteiger partial charge in [-0.05, 0) is 25.1 Å². The minimum atomic E-state index is -4.71. The number of halogens is 3. The van der Waals surface area contributed by atoms with Gasteiger partial charge in [-0.3, -0.25) is 4.74 Å². The Morgan fingerprint density at radius 3 is 2.45 bits per heavy atom. The third-order valence-electron chi connectivity index (χ3n) is 2.10. The van der Waals surface area contributed by atoms with Crippen molar-refractivity contribution in [1.29, 1.82) is 0 Å². The van der Waals surface area contributed by atoms with Crippen LogP contribution in [0, 0.1) is 0 Å². The number of hydrogen-bond donors (Lipinski definition) is 1. The van der Waals surface area contributed by atoms with E-state index in [0.717, 1.165) is 0 Å². The van der Waals surface area contributed by atoms with Gasteiger partial charge < -0.3 is 14.6 Å². The fourth-order valence-corrected chi connectivity index (χ4v) is 1.34. The van der Waals surface area contributed by atoms with Crippen LogP contribution in [0.5, 0.6) is 11.5 Å². The lowest BCUT2D eigenvalue weighted by Gasteiger charge is -2.13. The number of carboxylic acids is 1. The number of benzene rings is 1. The summed E-state index contributed by atoms with van der Waals surface area (Å²) in [6, 6.07) is 3.83. The van der Waals surface area contributed by atoms with Crippen LogP contribution in [-0.2, 0) is 4.74 Å². The van der Waals surface area contributed by atoms with Crippen molar-refractivity contribution in [3.05, 3.63) is 23.8 Å². The molecular formula is C12H13F3O5. The summed E-state index contributed by atoms with van der Waals surface area (Å²) in [5.74, 6) is -0.833. The van der Waals surface area contributed by atoms with Crippen molar-refractivity contribution in [1.82, 2.24) is 0 Å². The van der Waals surface area contributed by atoms with Crippen LogP contribution in [0.2, 0.25) is 0 Å². The van der Waals surface area contributed by atoms with Crippen LogP contribution in [0.4, 0.5) is 13.2 Å². The molecule has 0 atom stereocenters. The molecule has 1 N–H and O–H groups in total. The first-order chi connectivity index (χ1) is 9.33. The first-order valence-electron chi connectivity index (χ1n) is 5.67. The van der Waals surface area contributed by atoms with Crippen LogP contribution in [0.25, 0.3) is 0 Å². The maximum Gasteiger partial charge on any atom is 0.522 e. The van der Waals surface area contributed by atoms with Crippen LogP contribution in [0.1, 0.15) is 17.3 Å². The molecule has 0 amide bonds. The summed E-state index contributed by atoms with van der Waals surface area (Å²) >= 11 is 0. The Kier molecular flexibility index (Phi) is 5.63. The van der Waals surface area contributed by atoms with Gasteiger partial charge in [-0.2, -0.15) is 0 Å². The number of carboxylic acid groups (broad SMARTS) is 1. The molecule has 0 spiro atoms. The van der Waals surface area contributed by atoms with Gasteiger partial charge in [-0.25, -0.2) is 4.79 Å². The van der Waals surface area contributed by atoms with Gasteiger partial charge in [0.2, 0.25) is 0 Å². The Morgan fingerprint density at radius 1 is 1.20 bits per heavy atom. The Bertz CT molecular complexity index is 459. The fraction of sp³-hybridized carbons (Fsp3) is 0.417. The minimum absolute atomic E-state index is 0.00709. The van der Waals surface area contributed by atoms with Crippen LogP contribution in [0.15, 0.2) is 18.2 Å². The molecule has 0 fully saturated rings. The zero-order chi connectivity index (χ0) is 15.2. The lowest BCUT2D eigenvalue weighted by molar-refractivity contribution is -0.325. The summed E-state index contributed by atoms with van der Waals surface area (Å²) in [5.41, 5.74) is -0.00709. The molecule has 0 aliphatic carbocycles. The summed E-state index contributed by atoms with van der Waals surface area (Å²) in [7, 11) is 0. The van der Waals surface area contributed by atoms with Crippen molar-refractivity contribution in [2.75, 3.05) is 19.8 Å². The second-order valence-electron chi connectivity index (χ2n) is 3.54. The van der Waals surface area contributed by atoms with E-state index < -0.39 is 18.9 Å². The normalized spacial score (nSPS) is 11.2. The molecule has 0 heterocycles. The highest BCUT2D eigenvalue weighted by Gasteiger charge is 2.28. The molecule has 0 radical (unpaired) electrons. The summed E-state index contributed by atoms with van der Waals surface area (Å²) in [5, 5.41) is 8.83. The third kappa shape index (κ3) is 5.35. The van der Waals surface area contributed by atoms with Crippen molar-refractivity contribution in [3.8, 4) is 11.5 Å². The zero-order valence-electron chi connectivity index (χ0n) is 10.6. The smallest absolute Gasteiger partial charge is 0.490 e. The van der Waals surface area contributed by atoms with Crippen molar-refractivity contribution in [2.24, 2.45) is 0 Å². The van der Waals surface area contributed by atoms with E-state index in [1.54, 1.807) is 6.92 Å². The van der Waals surface area contributed by atoms with Gasteiger partial charge in [-0.1, -0.05) is 0 Å². The van der Waals surface area contributed by atoms with Gasteiger partial charge in [0.25, 0.3) is 0 Å². The SMILES string of the molecule is CCOc1cc(C(=O)O)ccc1OCCOC(F)(F)F. The molecule has 1 aromatic carbocycles. The largest absolute Gasteiger partial charge is 0.522 e. The molecule has 0 saturated carbocycles. The first kappa shape index (κ1) is 16.1. The highest BCUT2D eigenvalue weighted by Crippen LogP contribution is 2.28.